The molecule has 96 valence electrons. The quantitative estimate of drug-likeness (QED) is 0.579. The molecule has 4 heteroatoms. The second-order valence-electron chi connectivity index (χ2n) is 3.91. The third kappa shape index (κ3) is 7.65. The van der Waals surface area contributed by atoms with Gasteiger partial charge >= 0.3 is 0 Å². The lowest BCUT2D eigenvalue weighted by Gasteiger charge is -2.21. The summed E-state index contributed by atoms with van der Waals surface area (Å²) < 4.78 is 4.94. The van der Waals surface area contributed by atoms with Gasteiger partial charge in [-0.1, -0.05) is 26.2 Å². The largest absolute Gasteiger partial charge is 0.395 e. The Labute approximate surface area is 98.6 Å². The first-order valence-electron chi connectivity index (χ1n) is 6.13. The van der Waals surface area contributed by atoms with Crippen LogP contribution in [0.25, 0.3) is 0 Å². The number of unbranched alkanes of at least 4 members (excludes halogenated alkanes) is 3. The first kappa shape index (κ1) is 15.4. The number of carbonyl (C=O) groups is 1. The van der Waals surface area contributed by atoms with E-state index in [1.54, 1.807) is 12.0 Å². The average Bonchev–Trinajstić information content (AvgIpc) is 2.29. The molecule has 0 heterocycles. The molecule has 4 nitrogen and oxygen atoms in total. The minimum Gasteiger partial charge on any atom is -0.395 e. The maximum Gasteiger partial charge on any atom is 0.222 e. The molecule has 0 aromatic heterocycles. The number of aliphatic hydroxyl groups is 1. The Kier molecular flexibility index (Phi) is 10.5. The summed E-state index contributed by atoms with van der Waals surface area (Å²) in [4.78, 5) is 13.4. The lowest BCUT2D eigenvalue weighted by molar-refractivity contribution is -0.132. The second kappa shape index (κ2) is 10.9. The van der Waals surface area contributed by atoms with Crippen LogP contribution in [0.5, 0.6) is 0 Å². The predicted octanol–water partition coefficient (Wildman–Crippen LogP) is 1.42. The smallest absolute Gasteiger partial charge is 0.222 e. The summed E-state index contributed by atoms with van der Waals surface area (Å²) in [6, 6.07) is 0. The lowest BCUT2D eigenvalue weighted by Crippen LogP contribution is -2.36. The number of ether oxygens (including phenoxy) is 1. The van der Waals surface area contributed by atoms with E-state index in [0.717, 1.165) is 12.8 Å². The van der Waals surface area contributed by atoms with Crippen LogP contribution >= 0.6 is 0 Å². The summed E-state index contributed by atoms with van der Waals surface area (Å²) in [6.07, 6.45) is 5.01. The normalized spacial score (nSPS) is 10.4. The standard InChI is InChI=1S/C12H25NO3/c1-3-4-5-6-7-12(15)13(8-10-14)9-11-16-2/h14H,3-11H2,1-2H3. The van der Waals surface area contributed by atoms with E-state index in [4.69, 9.17) is 9.84 Å². The molecule has 0 aromatic carbocycles. The van der Waals surface area contributed by atoms with Gasteiger partial charge < -0.3 is 14.7 Å². The molecule has 0 radical (unpaired) electrons. The molecule has 0 saturated carbocycles. The van der Waals surface area contributed by atoms with Crippen LogP contribution in [0, 0.1) is 0 Å². The van der Waals surface area contributed by atoms with E-state index >= 15 is 0 Å². The van der Waals surface area contributed by atoms with E-state index in [-0.39, 0.29) is 12.5 Å². The predicted molar refractivity (Wildman–Crippen MR) is 64.3 cm³/mol. The molecule has 0 bridgehead atoms. The van der Waals surface area contributed by atoms with Crippen molar-refractivity contribution in [2.24, 2.45) is 0 Å². The van der Waals surface area contributed by atoms with Crippen molar-refractivity contribution in [2.45, 2.75) is 39.0 Å². The molecule has 0 aliphatic rings. The van der Waals surface area contributed by atoms with Gasteiger partial charge in [0.25, 0.3) is 0 Å². The third-order valence-electron chi connectivity index (χ3n) is 2.53. The van der Waals surface area contributed by atoms with Crippen molar-refractivity contribution in [3.8, 4) is 0 Å². The molecular weight excluding hydrogens is 206 g/mol. The SMILES string of the molecule is CCCCCCC(=O)N(CCO)CCOC. The van der Waals surface area contributed by atoms with Crippen LogP contribution in [0.3, 0.4) is 0 Å². The number of rotatable bonds is 10. The summed E-state index contributed by atoms with van der Waals surface area (Å²) in [5.41, 5.74) is 0. The number of nitrogens with zero attached hydrogens (tertiary/aromatic N) is 1. The van der Waals surface area contributed by atoms with Crippen LogP contribution < -0.4 is 0 Å². The van der Waals surface area contributed by atoms with Crippen molar-refractivity contribution >= 4 is 5.91 Å². The van der Waals surface area contributed by atoms with Gasteiger partial charge in [-0.15, -0.1) is 0 Å². The van der Waals surface area contributed by atoms with E-state index in [0.29, 0.717) is 26.1 Å². The van der Waals surface area contributed by atoms with Gasteiger partial charge in [-0.05, 0) is 6.42 Å². The van der Waals surface area contributed by atoms with Gasteiger partial charge in [0, 0.05) is 26.6 Å². The van der Waals surface area contributed by atoms with Gasteiger partial charge in [-0.25, -0.2) is 0 Å². The van der Waals surface area contributed by atoms with Gasteiger partial charge in [0.2, 0.25) is 5.91 Å². The number of aliphatic hydroxyl groups excluding tert-OH is 1. The third-order valence-corrected chi connectivity index (χ3v) is 2.53. The molecule has 0 saturated heterocycles. The molecule has 16 heavy (non-hydrogen) atoms. The van der Waals surface area contributed by atoms with Crippen LogP contribution in [-0.2, 0) is 9.53 Å². The molecule has 0 aromatic rings. The average molecular weight is 231 g/mol. The monoisotopic (exact) mass is 231 g/mol. The van der Waals surface area contributed by atoms with E-state index in [2.05, 4.69) is 6.92 Å². The van der Waals surface area contributed by atoms with Gasteiger partial charge in [-0.2, -0.15) is 0 Å². The van der Waals surface area contributed by atoms with Gasteiger partial charge in [0.05, 0.1) is 13.2 Å². The molecule has 0 rings (SSSR count). The summed E-state index contributed by atoms with van der Waals surface area (Å²) in [5, 5.41) is 8.86. The first-order chi connectivity index (χ1) is 7.76. The summed E-state index contributed by atoms with van der Waals surface area (Å²) in [5.74, 6) is 0.127. The highest BCUT2D eigenvalue weighted by atomic mass is 16.5. The highest BCUT2D eigenvalue weighted by Gasteiger charge is 2.11. The number of methoxy groups -OCH3 is 1. The van der Waals surface area contributed by atoms with Crippen LogP contribution in [0.4, 0.5) is 0 Å². The van der Waals surface area contributed by atoms with Crippen molar-refractivity contribution in [3.05, 3.63) is 0 Å². The summed E-state index contributed by atoms with van der Waals surface area (Å²) in [6.45, 7) is 3.68. The number of hydrogen-bond donors (Lipinski definition) is 1. The lowest BCUT2D eigenvalue weighted by atomic mass is 10.1. The van der Waals surface area contributed by atoms with Crippen molar-refractivity contribution in [1.82, 2.24) is 4.90 Å². The Bertz CT molecular complexity index is 174. The Morgan fingerprint density at radius 1 is 1.25 bits per heavy atom. The van der Waals surface area contributed by atoms with E-state index in [1.165, 1.54) is 12.8 Å². The number of hydrogen-bond acceptors (Lipinski definition) is 3. The molecule has 0 unspecified atom stereocenters. The maximum absolute atomic E-state index is 11.8. The van der Waals surface area contributed by atoms with Crippen molar-refractivity contribution < 1.29 is 14.6 Å². The summed E-state index contributed by atoms with van der Waals surface area (Å²) in [7, 11) is 1.61. The Balaban J connectivity index is 3.77. The molecule has 0 atom stereocenters. The zero-order valence-corrected chi connectivity index (χ0v) is 10.6. The minimum atomic E-state index is 0.0183. The van der Waals surface area contributed by atoms with E-state index in [1.807, 2.05) is 0 Å². The number of carbonyl (C=O) groups excluding carboxylic acids is 1. The van der Waals surface area contributed by atoms with Crippen LogP contribution in [-0.4, -0.2) is 49.3 Å². The molecule has 0 fully saturated rings. The molecular formula is C12H25NO3. The van der Waals surface area contributed by atoms with Gasteiger partial charge in [-0.3, -0.25) is 4.79 Å². The zero-order valence-electron chi connectivity index (χ0n) is 10.6. The molecule has 0 aliphatic carbocycles. The van der Waals surface area contributed by atoms with Gasteiger partial charge in [0.1, 0.15) is 0 Å². The fourth-order valence-electron chi connectivity index (χ4n) is 1.54. The van der Waals surface area contributed by atoms with E-state index < -0.39 is 0 Å². The fourth-order valence-corrected chi connectivity index (χ4v) is 1.54. The van der Waals surface area contributed by atoms with Crippen LogP contribution in [0.15, 0.2) is 0 Å². The highest BCUT2D eigenvalue weighted by Crippen LogP contribution is 2.05. The maximum atomic E-state index is 11.8. The van der Waals surface area contributed by atoms with Crippen molar-refractivity contribution in [2.75, 3.05) is 33.4 Å². The van der Waals surface area contributed by atoms with E-state index in [9.17, 15) is 4.79 Å². The Morgan fingerprint density at radius 2 is 2.00 bits per heavy atom. The van der Waals surface area contributed by atoms with Gasteiger partial charge in [0.15, 0.2) is 0 Å². The number of amides is 1. The molecule has 1 N–H and O–H groups in total. The Morgan fingerprint density at radius 3 is 2.56 bits per heavy atom. The molecule has 0 aliphatic heterocycles. The van der Waals surface area contributed by atoms with Crippen molar-refractivity contribution in [1.29, 1.82) is 0 Å². The zero-order chi connectivity index (χ0) is 12.2. The molecule has 0 spiro atoms. The second-order valence-corrected chi connectivity index (χ2v) is 3.91. The molecule has 1 amide bonds. The van der Waals surface area contributed by atoms with Crippen LogP contribution in [0.1, 0.15) is 39.0 Å². The fraction of sp³-hybridized carbons (Fsp3) is 0.917. The Hall–Kier alpha value is -0.610. The summed E-state index contributed by atoms with van der Waals surface area (Å²) >= 11 is 0. The first-order valence-corrected chi connectivity index (χ1v) is 6.13. The highest BCUT2D eigenvalue weighted by molar-refractivity contribution is 5.76. The van der Waals surface area contributed by atoms with Crippen LogP contribution in [0.2, 0.25) is 0 Å². The topological polar surface area (TPSA) is 49.8 Å². The van der Waals surface area contributed by atoms with Crippen molar-refractivity contribution in [3.63, 3.8) is 0 Å². The minimum absolute atomic E-state index is 0.0183.